The molecule has 0 aliphatic heterocycles. The van der Waals surface area contributed by atoms with Gasteiger partial charge in [-0.3, -0.25) is 0 Å². The molecule has 0 spiro atoms. The Labute approximate surface area is 100 Å². The molecule has 5 heteroatoms. The van der Waals surface area contributed by atoms with Crippen LogP contribution >= 0.6 is 0 Å². The van der Waals surface area contributed by atoms with Gasteiger partial charge in [0.15, 0.2) is 0 Å². The molecule has 1 heterocycles. The third kappa shape index (κ3) is 3.93. The van der Waals surface area contributed by atoms with Crippen LogP contribution in [0.25, 0.3) is 0 Å². The Hall–Kier alpha value is -1.80. The molecule has 0 amide bonds. The fourth-order valence-corrected chi connectivity index (χ4v) is 1.24. The Morgan fingerprint density at radius 2 is 2.35 bits per heavy atom. The van der Waals surface area contributed by atoms with Crippen LogP contribution in [0.15, 0.2) is 16.7 Å². The Balaban J connectivity index is 2.46. The summed E-state index contributed by atoms with van der Waals surface area (Å²) >= 11 is 0. The van der Waals surface area contributed by atoms with Gasteiger partial charge >= 0.3 is 5.97 Å². The number of esters is 1. The van der Waals surface area contributed by atoms with E-state index in [-0.39, 0.29) is 0 Å². The second kappa shape index (κ2) is 5.51. The lowest BCUT2D eigenvalue weighted by Crippen LogP contribution is -2.27. The number of furan rings is 1. The molecule has 5 nitrogen and oxygen atoms in total. The van der Waals surface area contributed by atoms with E-state index in [4.69, 9.17) is 9.68 Å². The van der Waals surface area contributed by atoms with Gasteiger partial charge in [-0.05, 0) is 19.9 Å². The van der Waals surface area contributed by atoms with Crippen LogP contribution in [-0.2, 0) is 11.3 Å². The maximum Gasteiger partial charge on any atom is 0.341 e. The molecule has 0 atom stereocenters. The fraction of sp³-hybridized carbons (Fsp3) is 0.500. The summed E-state index contributed by atoms with van der Waals surface area (Å²) in [5, 5.41) is 11.9. The quantitative estimate of drug-likeness (QED) is 0.787. The summed E-state index contributed by atoms with van der Waals surface area (Å²) in [4.78, 5) is 11.2. The third-order valence-electron chi connectivity index (χ3n) is 2.24. The minimum atomic E-state index is -0.419. The molecule has 0 radical (unpaired) electrons. The van der Waals surface area contributed by atoms with Crippen molar-refractivity contribution in [3.8, 4) is 6.07 Å². The average Bonchev–Trinajstić information content (AvgIpc) is 2.76. The second-order valence-electron chi connectivity index (χ2n) is 4.39. The zero-order valence-electron chi connectivity index (χ0n) is 10.2. The molecule has 1 aromatic heterocycles. The first kappa shape index (κ1) is 13.3. The van der Waals surface area contributed by atoms with Gasteiger partial charge in [0.2, 0.25) is 0 Å². The molecule has 0 saturated carbocycles. The number of nitrogens with zero attached hydrogens (tertiary/aromatic N) is 1. The van der Waals surface area contributed by atoms with Gasteiger partial charge in [-0.25, -0.2) is 4.79 Å². The zero-order chi connectivity index (χ0) is 12.9. The lowest BCUT2D eigenvalue weighted by atomic mass is 9.96. The minimum absolute atomic E-state index is 0.392. The van der Waals surface area contributed by atoms with Gasteiger partial charge in [-0.15, -0.1) is 0 Å². The molecular weight excluding hydrogens is 220 g/mol. The van der Waals surface area contributed by atoms with E-state index in [0.717, 1.165) is 0 Å². The summed E-state index contributed by atoms with van der Waals surface area (Å²) in [6.45, 7) is 4.73. The number of carbonyl (C=O) groups is 1. The van der Waals surface area contributed by atoms with Gasteiger partial charge in [-0.1, -0.05) is 0 Å². The molecule has 17 heavy (non-hydrogen) atoms. The highest BCUT2D eigenvalue weighted by atomic mass is 16.5. The van der Waals surface area contributed by atoms with E-state index in [1.807, 2.05) is 13.8 Å². The minimum Gasteiger partial charge on any atom is -0.467 e. The molecule has 1 aromatic rings. The standard InChI is InChI=1S/C12H16N2O3/c1-12(2,7-13)8-14-5-10-4-9(6-17-10)11(15)16-3/h4,6,14H,5,8H2,1-3H3. The highest BCUT2D eigenvalue weighted by Crippen LogP contribution is 2.12. The van der Waals surface area contributed by atoms with Crippen molar-refractivity contribution in [2.75, 3.05) is 13.7 Å². The summed E-state index contributed by atoms with van der Waals surface area (Å²) in [7, 11) is 1.32. The lowest BCUT2D eigenvalue weighted by Gasteiger charge is -2.14. The topological polar surface area (TPSA) is 75.3 Å². The third-order valence-corrected chi connectivity index (χ3v) is 2.24. The molecule has 1 rings (SSSR count). The number of hydrogen-bond acceptors (Lipinski definition) is 5. The zero-order valence-corrected chi connectivity index (χ0v) is 10.2. The predicted molar refractivity (Wildman–Crippen MR) is 61.1 cm³/mol. The Morgan fingerprint density at radius 3 is 2.94 bits per heavy atom. The molecule has 0 unspecified atom stereocenters. The monoisotopic (exact) mass is 236 g/mol. The second-order valence-corrected chi connectivity index (χ2v) is 4.39. The summed E-state index contributed by atoms with van der Waals surface area (Å²) in [6.07, 6.45) is 1.36. The molecule has 0 aliphatic rings. The van der Waals surface area contributed by atoms with Gasteiger partial charge in [-0.2, -0.15) is 5.26 Å². The van der Waals surface area contributed by atoms with Crippen LogP contribution in [0.2, 0.25) is 0 Å². The molecule has 0 aliphatic carbocycles. The molecule has 0 saturated heterocycles. The highest BCUT2D eigenvalue weighted by Gasteiger charge is 2.16. The van der Waals surface area contributed by atoms with Crippen LogP contribution in [0.4, 0.5) is 0 Å². The SMILES string of the molecule is COC(=O)c1coc(CNCC(C)(C)C#N)c1. The fourth-order valence-electron chi connectivity index (χ4n) is 1.24. The number of methoxy groups -OCH3 is 1. The van der Waals surface area contributed by atoms with Crippen molar-refractivity contribution in [1.82, 2.24) is 5.32 Å². The number of rotatable bonds is 5. The summed E-state index contributed by atoms with van der Waals surface area (Å²) < 4.78 is 9.75. The number of nitrogens with one attached hydrogen (secondary N) is 1. The number of nitriles is 1. The van der Waals surface area contributed by atoms with Gasteiger partial charge in [0.1, 0.15) is 12.0 Å². The van der Waals surface area contributed by atoms with E-state index in [2.05, 4.69) is 16.1 Å². The maximum absolute atomic E-state index is 11.2. The van der Waals surface area contributed by atoms with E-state index in [0.29, 0.717) is 24.4 Å². The van der Waals surface area contributed by atoms with E-state index < -0.39 is 11.4 Å². The van der Waals surface area contributed by atoms with Crippen molar-refractivity contribution in [3.63, 3.8) is 0 Å². The molecular formula is C12H16N2O3. The average molecular weight is 236 g/mol. The first-order valence-corrected chi connectivity index (χ1v) is 5.26. The predicted octanol–water partition coefficient (Wildman–Crippen LogP) is 1.71. The van der Waals surface area contributed by atoms with Gasteiger partial charge in [0, 0.05) is 6.54 Å². The highest BCUT2D eigenvalue weighted by molar-refractivity contribution is 5.88. The van der Waals surface area contributed by atoms with Crippen molar-refractivity contribution in [2.45, 2.75) is 20.4 Å². The smallest absolute Gasteiger partial charge is 0.341 e. The van der Waals surface area contributed by atoms with Crippen LogP contribution < -0.4 is 5.32 Å². The van der Waals surface area contributed by atoms with Crippen LogP contribution in [0, 0.1) is 16.7 Å². The van der Waals surface area contributed by atoms with E-state index in [1.54, 1.807) is 6.07 Å². The first-order chi connectivity index (χ1) is 7.98. The van der Waals surface area contributed by atoms with Crippen LogP contribution in [0.3, 0.4) is 0 Å². The van der Waals surface area contributed by atoms with Crippen molar-refractivity contribution in [2.24, 2.45) is 5.41 Å². The van der Waals surface area contributed by atoms with Crippen LogP contribution in [0.1, 0.15) is 30.0 Å². The summed E-state index contributed by atoms with van der Waals surface area (Å²) in [6, 6.07) is 3.82. The summed E-state index contributed by atoms with van der Waals surface area (Å²) in [5.41, 5.74) is -0.0264. The van der Waals surface area contributed by atoms with Crippen molar-refractivity contribution in [1.29, 1.82) is 5.26 Å². The van der Waals surface area contributed by atoms with Gasteiger partial charge in [0.25, 0.3) is 0 Å². The normalized spacial score (nSPS) is 10.9. The Bertz CT molecular complexity index is 429. The van der Waals surface area contributed by atoms with E-state index in [9.17, 15) is 4.79 Å². The Kier molecular flexibility index (Phi) is 4.30. The van der Waals surface area contributed by atoms with Gasteiger partial charge < -0.3 is 14.5 Å². The summed E-state index contributed by atoms with van der Waals surface area (Å²) in [5.74, 6) is 0.219. The largest absolute Gasteiger partial charge is 0.467 e. The Morgan fingerprint density at radius 1 is 1.65 bits per heavy atom. The van der Waals surface area contributed by atoms with Crippen molar-refractivity contribution < 1.29 is 13.9 Å². The van der Waals surface area contributed by atoms with Crippen LogP contribution in [-0.4, -0.2) is 19.6 Å². The van der Waals surface area contributed by atoms with E-state index >= 15 is 0 Å². The van der Waals surface area contributed by atoms with Crippen molar-refractivity contribution in [3.05, 3.63) is 23.7 Å². The maximum atomic E-state index is 11.2. The van der Waals surface area contributed by atoms with Crippen LogP contribution in [0.5, 0.6) is 0 Å². The lowest BCUT2D eigenvalue weighted by molar-refractivity contribution is 0.0600. The molecule has 0 fully saturated rings. The molecule has 92 valence electrons. The number of carbonyl (C=O) groups excluding carboxylic acids is 1. The molecule has 1 N–H and O–H groups in total. The van der Waals surface area contributed by atoms with Crippen molar-refractivity contribution >= 4 is 5.97 Å². The van der Waals surface area contributed by atoms with Gasteiger partial charge in [0.05, 0.1) is 30.7 Å². The number of hydrogen-bond donors (Lipinski definition) is 1. The number of ether oxygens (including phenoxy) is 1. The van der Waals surface area contributed by atoms with E-state index in [1.165, 1.54) is 13.4 Å². The first-order valence-electron chi connectivity index (χ1n) is 5.26. The molecule has 0 aromatic carbocycles. The molecule has 0 bridgehead atoms.